The molecule has 1 amide bonds. The van der Waals surface area contributed by atoms with Crippen molar-refractivity contribution < 1.29 is 19.1 Å². The minimum atomic E-state index is -0.645. The quantitative estimate of drug-likeness (QED) is 0.613. The topological polar surface area (TPSA) is 77.0 Å². The third-order valence-electron chi connectivity index (χ3n) is 4.01. The molecule has 29 heavy (non-hydrogen) atoms. The lowest BCUT2D eigenvalue weighted by atomic mass is 10.1. The van der Waals surface area contributed by atoms with Gasteiger partial charge in [-0.15, -0.1) is 0 Å². The number of carbonyl (C=O) groups excluding carboxylic acids is 2. The average Bonchev–Trinajstić information content (AvgIpc) is 3.02. The molecule has 150 valence electrons. The van der Waals surface area contributed by atoms with Gasteiger partial charge in [0.05, 0.1) is 0 Å². The second-order valence-electron chi connectivity index (χ2n) is 7.67. The van der Waals surface area contributed by atoms with Crippen molar-refractivity contribution in [2.75, 3.05) is 0 Å². The van der Waals surface area contributed by atoms with E-state index in [1.165, 1.54) is 0 Å². The van der Waals surface area contributed by atoms with E-state index in [9.17, 15) is 9.59 Å². The van der Waals surface area contributed by atoms with Crippen LogP contribution in [-0.2, 0) is 20.7 Å². The standard InChI is InChI=1S/C23H24N2O4/c1-23(2,3)29-22(27)25-18(14-16-10-6-4-7-11-16)20-24-19(21(26)28-20)15-17-12-8-5-9-13-17/h4-13,15,18H,14H2,1-3H3,(H,25,27)/b19-15-/t18-/m0/s1. The molecule has 0 fully saturated rings. The van der Waals surface area contributed by atoms with Crippen molar-refractivity contribution in [3.8, 4) is 0 Å². The first-order valence-corrected chi connectivity index (χ1v) is 9.41. The SMILES string of the molecule is CC(C)(C)OC(=O)N[C@@H](Cc1ccccc1)C1=N/C(=C\c2ccccc2)C(=O)O1. The third-order valence-corrected chi connectivity index (χ3v) is 4.01. The normalized spacial score (nSPS) is 16.2. The number of cyclic esters (lactones) is 1. The number of alkyl carbamates (subject to hydrolysis) is 1. The molecule has 6 nitrogen and oxygen atoms in total. The first-order valence-electron chi connectivity index (χ1n) is 9.41. The van der Waals surface area contributed by atoms with Crippen molar-refractivity contribution in [2.45, 2.75) is 38.8 Å². The number of benzene rings is 2. The maximum Gasteiger partial charge on any atom is 0.408 e. The predicted molar refractivity (Wildman–Crippen MR) is 111 cm³/mol. The summed E-state index contributed by atoms with van der Waals surface area (Å²) in [5.41, 5.74) is 1.35. The average molecular weight is 392 g/mol. The Morgan fingerprint density at radius 2 is 1.72 bits per heavy atom. The molecule has 1 aliphatic rings. The molecule has 1 N–H and O–H groups in total. The molecule has 0 saturated heterocycles. The Labute approximate surface area is 170 Å². The van der Waals surface area contributed by atoms with E-state index >= 15 is 0 Å². The number of aliphatic imine (C=N–C) groups is 1. The van der Waals surface area contributed by atoms with Crippen molar-refractivity contribution in [3.63, 3.8) is 0 Å². The summed E-state index contributed by atoms with van der Waals surface area (Å²) < 4.78 is 10.7. The monoisotopic (exact) mass is 392 g/mol. The first-order chi connectivity index (χ1) is 13.8. The highest BCUT2D eigenvalue weighted by Crippen LogP contribution is 2.19. The van der Waals surface area contributed by atoms with Crippen LogP contribution in [0.1, 0.15) is 31.9 Å². The minimum Gasteiger partial charge on any atom is -0.444 e. The van der Waals surface area contributed by atoms with Gasteiger partial charge in [-0.3, -0.25) is 0 Å². The number of hydrogen-bond acceptors (Lipinski definition) is 5. The highest BCUT2D eigenvalue weighted by molar-refractivity contribution is 6.09. The predicted octanol–water partition coefficient (Wildman–Crippen LogP) is 4.12. The van der Waals surface area contributed by atoms with Crippen LogP contribution < -0.4 is 5.32 Å². The highest BCUT2D eigenvalue weighted by atomic mass is 16.6. The second kappa shape index (κ2) is 8.73. The Hall–Kier alpha value is -3.41. The summed E-state index contributed by atoms with van der Waals surface area (Å²) in [5.74, 6) is -0.403. The Kier molecular flexibility index (Phi) is 6.12. The fourth-order valence-electron chi connectivity index (χ4n) is 2.78. The summed E-state index contributed by atoms with van der Waals surface area (Å²) in [6, 6.07) is 18.3. The largest absolute Gasteiger partial charge is 0.444 e. The van der Waals surface area contributed by atoms with Crippen LogP contribution in [0, 0.1) is 0 Å². The van der Waals surface area contributed by atoms with E-state index in [1.807, 2.05) is 60.7 Å². The maximum atomic E-state index is 12.3. The van der Waals surface area contributed by atoms with E-state index in [0.29, 0.717) is 6.42 Å². The number of esters is 1. The smallest absolute Gasteiger partial charge is 0.408 e. The molecule has 0 saturated carbocycles. The molecule has 0 unspecified atom stereocenters. The van der Waals surface area contributed by atoms with Crippen LogP contribution in [-0.4, -0.2) is 29.6 Å². The van der Waals surface area contributed by atoms with Crippen LogP contribution in [0.4, 0.5) is 4.79 Å². The summed E-state index contributed by atoms with van der Waals surface area (Å²) in [4.78, 5) is 29.0. The number of rotatable bonds is 5. The number of nitrogens with one attached hydrogen (secondary N) is 1. The molecule has 0 aromatic heterocycles. The summed E-state index contributed by atoms with van der Waals surface area (Å²) in [7, 11) is 0. The Morgan fingerprint density at radius 3 is 2.34 bits per heavy atom. The van der Waals surface area contributed by atoms with Crippen LogP contribution in [0.2, 0.25) is 0 Å². The molecule has 0 radical (unpaired) electrons. The summed E-state index contributed by atoms with van der Waals surface area (Å²) in [6.07, 6.45) is 1.46. The lowest BCUT2D eigenvalue weighted by Gasteiger charge is -2.23. The molecule has 6 heteroatoms. The fourth-order valence-corrected chi connectivity index (χ4v) is 2.78. The van der Waals surface area contributed by atoms with Crippen molar-refractivity contribution in [1.82, 2.24) is 5.32 Å². The molecule has 2 aromatic rings. The summed E-state index contributed by atoms with van der Waals surface area (Å²) in [6.45, 7) is 5.35. The summed E-state index contributed by atoms with van der Waals surface area (Å²) >= 11 is 0. The number of carbonyl (C=O) groups is 2. The highest BCUT2D eigenvalue weighted by Gasteiger charge is 2.31. The lowest BCUT2D eigenvalue weighted by Crippen LogP contribution is -2.45. The third kappa shape index (κ3) is 6.04. The van der Waals surface area contributed by atoms with Gasteiger partial charge in [-0.2, -0.15) is 0 Å². The van der Waals surface area contributed by atoms with Gasteiger partial charge in [0.1, 0.15) is 11.6 Å². The Bertz CT molecular complexity index is 928. The lowest BCUT2D eigenvalue weighted by molar-refractivity contribution is -0.130. The minimum absolute atomic E-state index is 0.145. The summed E-state index contributed by atoms with van der Waals surface area (Å²) in [5, 5.41) is 2.77. The fraction of sp³-hybridized carbons (Fsp3) is 0.261. The van der Waals surface area contributed by atoms with Crippen LogP contribution >= 0.6 is 0 Å². The molecule has 1 heterocycles. The number of ether oxygens (including phenoxy) is 2. The van der Waals surface area contributed by atoms with E-state index in [0.717, 1.165) is 11.1 Å². The molecule has 3 rings (SSSR count). The van der Waals surface area contributed by atoms with Gasteiger partial charge in [-0.05, 0) is 38.0 Å². The molecular formula is C23H24N2O4. The molecular weight excluding hydrogens is 368 g/mol. The van der Waals surface area contributed by atoms with Gasteiger partial charge < -0.3 is 14.8 Å². The van der Waals surface area contributed by atoms with Crippen molar-refractivity contribution >= 4 is 24.0 Å². The molecule has 1 atom stereocenters. The van der Waals surface area contributed by atoms with Crippen molar-refractivity contribution in [1.29, 1.82) is 0 Å². The van der Waals surface area contributed by atoms with Gasteiger partial charge in [-0.1, -0.05) is 60.7 Å². The second-order valence-corrected chi connectivity index (χ2v) is 7.67. The zero-order valence-electron chi connectivity index (χ0n) is 16.7. The van der Waals surface area contributed by atoms with Gasteiger partial charge in [0.2, 0.25) is 5.90 Å². The van der Waals surface area contributed by atoms with Gasteiger partial charge in [0, 0.05) is 6.42 Å². The zero-order chi connectivity index (χ0) is 20.9. The van der Waals surface area contributed by atoms with Gasteiger partial charge in [0.25, 0.3) is 0 Å². The van der Waals surface area contributed by atoms with Crippen LogP contribution in [0.3, 0.4) is 0 Å². The van der Waals surface area contributed by atoms with Crippen molar-refractivity contribution in [2.24, 2.45) is 4.99 Å². The maximum absolute atomic E-state index is 12.3. The van der Waals surface area contributed by atoms with E-state index in [4.69, 9.17) is 9.47 Å². The van der Waals surface area contributed by atoms with E-state index in [-0.39, 0.29) is 11.6 Å². The van der Waals surface area contributed by atoms with Gasteiger partial charge in [-0.25, -0.2) is 14.6 Å². The molecule has 0 spiro atoms. The van der Waals surface area contributed by atoms with Crippen LogP contribution in [0.5, 0.6) is 0 Å². The van der Waals surface area contributed by atoms with E-state index in [2.05, 4.69) is 10.3 Å². The van der Waals surface area contributed by atoms with E-state index in [1.54, 1.807) is 26.8 Å². The van der Waals surface area contributed by atoms with Gasteiger partial charge >= 0.3 is 12.1 Å². The molecule has 0 aliphatic carbocycles. The molecule has 1 aliphatic heterocycles. The first kappa shape index (κ1) is 20.3. The van der Waals surface area contributed by atoms with E-state index < -0.39 is 23.7 Å². The Morgan fingerprint density at radius 1 is 1.10 bits per heavy atom. The number of nitrogens with zero attached hydrogens (tertiary/aromatic N) is 1. The van der Waals surface area contributed by atoms with Crippen molar-refractivity contribution in [3.05, 3.63) is 77.5 Å². The Balaban J connectivity index is 1.84. The van der Waals surface area contributed by atoms with Gasteiger partial charge in [0.15, 0.2) is 5.70 Å². The number of hydrogen-bond donors (Lipinski definition) is 1. The molecule has 2 aromatic carbocycles. The molecule has 0 bridgehead atoms. The van der Waals surface area contributed by atoms with Crippen LogP contribution in [0.15, 0.2) is 71.4 Å². The van der Waals surface area contributed by atoms with Crippen LogP contribution in [0.25, 0.3) is 6.08 Å². The zero-order valence-corrected chi connectivity index (χ0v) is 16.7. The number of amides is 1.